The van der Waals surface area contributed by atoms with Gasteiger partial charge in [-0.1, -0.05) is 133 Å². The van der Waals surface area contributed by atoms with Crippen LogP contribution in [-0.2, 0) is 0 Å². The van der Waals surface area contributed by atoms with Crippen LogP contribution >= 0.6 is 11.3 Å². The largest absolute Gasteiger partial charge is 0.455 e. The molecule has 8 heteroatoms. The Hall–Kier alpha value is -8.33. The van der Waals surface area contributed by atoms with Gasteiger partial charge in [0.05, 0.1) is 32.5 Å². The van der Waals surface area contributed by atoms with Crippen molar-refractivity contribution in [3.8, 4) is 62.5 Å². The SMILES string of the molecule is c1ccc(-c2nc(-c3ccc4c(c3)oc3c(-c5nc(-c6ccccc6)c6sc7ccccc7c6n5)cccc34)nc(-c3ccc4c(c3)c3ccccc3n4-c3ccccc3)n2)cc1. The van der Waals surface area contributed by atoms with Crippen molar-refractivity contribution in [3.05, 3.63) is 194 Å². The Kier molecular flexibility index (Phi) is 7.94. The molecule has 0 aliphatic rings. The highest BCUT2D eigenvalue weighted by molar-refractivity contribution is 7.26. The third-order valence-electron chi connectivity index (χ3n) is 11.9. The van der Waals surface area contributed by atoms with E-state index in [9.17, 15) is 0 Å². The Bertz CT molecular complexity index is 3910. The van der Waals surface area contributed by atoms with Gasteiger partial charge in [-0.25, -0.2) is 24.9 Å². The number of nitrogens with zero attached hydrogens (tertiary/aromatic N) is 6. The molecule has 0 fully saturated rings. The van der Waals surface area contributed by atoms with Gasteiger partial charge in [0.2, 0.25) is 0 Å². The normalized spacial score (nSPS) is 11.8. The first-order valence-electron chi connectivity index (χ1n) is 20.8. The fourth-order valence-corrected chi connectivity index (χ4v) is 10.1. The monoisotopic (exact) mass is 824 g/mol. The molecule has 0 saturated heterocycles. The second-order valence-corrected chi connectivity index (χ2v) is 16.7. The summed E-state index contributed by atoms with van der Waals surface area (Å²) in [6.07, 6.45) is 0. The smallest absolute Gasteiger partial charge is 0.164 e. The average Bonchev–Trinajstić information content (AvgIpc) is 4.03. The molecule has 0 bridgehead atoms. The van der Waals surface area contributed by atoms with Crippen molar-refractivity contribution >= 4 is 75.4 Å². The third kappa shape index (κ3) is 5.76. The minimum atomic E-state index is 0.555. The van der Waals surface area contributed by atoms with E-state index in [0.29, 0.717) is 23.3 Å². The highest BCUT2D eigenvalue weighted by Gasteiger charge is 2.21. The summed E-state index contributed by atoms with van der Waals surface area (Å²) in [5.41, 5.74) is 11.2. The predicted molar refractivity (Wildman–Crippen MR) is 257 cm³/mol. The zero-order valence-corrected chi connectivity index (χ0v) is 34.3. The van der Waals surface area contributed by atoms with Crippen LogP contribution in [0.25, 0.3) is 127 Å². The number of hydrogen-bond donors (Lipinski definition) is 0. The first-order chi connectivity index (χ1) is 31.2. The van der Waals surface area contributed by atoms with Crippen LogP contribution in [0.3, 0.4) is 0 Å². The lowest BCUT2D eigenvalue weighted by atomic mass is 10.1. The molecular formula is C55H32N6OS. The molecule has 0 radical (unpaired) electrons. The molecule has 13 rings (SSSR count). The van der Waals surface area contributed by atoms with Crippen LogP contribution in [0.4, 0.5) is 0 Å². The highest BCUT2D eigenvalue weighted by atomic mass is 32.1. The van der Waals surface area contributed by atoms with Gasteiger partial charge >= 0.3 is 0 Å². The van der Waals surface area contributed by atoms with Crippen LogP contribution in [0, 0.1) is 0 Å². The first-order valence-corrected chi connectivity index (χ1v) is 21.6. The van der Waals surface area contributed by atoms with Crippen LogP contribution in [-0.4, -0.2) is 29.5 Å². The maximum atomic E-state index is 6.83. The van der Waals surface area contributed by atoms with Crippen LogP contribution in [0.2, 0.25) is 0 Å². The molecule has 5 aromatic heterocycles. The number of fused-ring (bicyclic) bond motifs is 9. The van der Waals surface area contributed by atoms with Crippen molar-refractivity contribution in [2.75, 3.05) is 0 Å². The fraction of sp³-hybridized carbons (Fsp3) is 0. The summed E-state index contributed by atoms with van der Waals surface area (Å²) in [6, 6.07) is 66.8. The molecule has 0 amide bonds. The fourth-order valence-electron chi connectivity index (χ4n) is 8.93. The van der Waals surface area contributed by atoms with E-state index in [1.807, 2.05) is 48.5 Å². The van der Waals surface area contributed by atoms with Gasteiger partial charge in [-0.05, 0) is 60.7 Å². The number of hydrogen-bond acceptors (Lipinski definition) is 7. The van der Waals surface area contributed by atoms with Crippen LogP contribution in [0.5, 0.6) is 0 Å². The molecule has 294 valence electrons. The molecule has 0 aliphatic heterocycles. The van der Waals surface area contributed by atoms with Gasteiger partial charge in [-0.2, -0.15) is 0 Å². The lowest BCUT2D eigenvalue weighted by molar-refractivity contribution is 0.669. The van der Waals surface area contributed by atoms with E-state index in [4.69, 9.17) is 29.3 Å². The number of rotatable bonds is 6. The number of thiophene rings is 1. The van der Waals surface area contributed by atoms with Crippen molar-refractivity contribution in [2.45, 2.75) is 0 Å². The van der Waals surface area contributed by atoms with Gasteiger partial charge in [0, 0.05) is 59.6 Å². The van der Waals surface area contributed by atoms with Gasteiger partial charge in [0.1, 0.15) is 11.2 Å². The van der Waals surface area contributed by atoms with Crippen molar-refractivity contribution in [1.82, 2.24) is 29.5 Å². The molecule has 63 heavy (non-hydrogen) atoms. The standard InChI is InChI=1S/C55H32N6OS/c1-4-15-33(16-5-1)48-51-49(41-22-11-13-26-47(41)63-51)57-55(56-48)42-24-14-23-40-39-29-27-36(32-46(39)62-50(40)42)54-59-52(34-17-6-2-7-18-34)58-53(60-54)35-28-30-45-43(31-35)38-21-10-12-25-44(38)61(45)37-19-8-3-9-20-37/h1-32H. The lowest BCUT2D eigenvalue weighted by Crippen LogP contribution is -2.00. The summed E-state index contributed by atoms with van der Waals surface area (Å²) >= 11 is 1.73. The number of benzene rings is 8. The van der Waals surface area contributed by atoms with E-state index in [-0.39, 0.29) is 0 Å². The maximum absolute atomic E-state index is 6.83. The summed E-state index contributed by atoms with van der Waals surface area (Å²) in [5.74, 6) is 2.36. The molecule has 7 nitrogen and oxygen atoms in total. The minimum absolute atomic E-state index is 0.555. The molecule has 0 spiro atoms. The van der Waals surface area contributed by atoms with Crippen LogP contribution in [0.1, 0.15) is 0 Å². The van der Waals surface area contributed by atoms with E-state index in [0.717, 1.165) is 98.5 Å². The molecular weight excluding hydrogens is 793 g/mol. The number of para-hydroxylation sites is 3. The second kappa shape index (κ2) is 14.1. The molecule has 0 aliphatic carbocycles. The third-order valence-corrected chi connectivity index (χ3v) is 13.0. The van der Waals surface area contributed by atoms with E-state index in [1.165, 1.54) is 4.70 Å². The van der Waals surface area contributed by atoms with Crippen molar-refractivity contribution in [3.63, 3.8) is 0 Å². The number of aromatic nitrogens is 6. The Labute approximate surface area is 364 Å². The Morgan fingerprint density at radius 2 is 1.02 bits per heavy atom. The van der Waals surface area contributed by atoms with E-state index < -0.39 is 0 Å². The minimum Gasteiger partial charge on any atom is -0.455 e. The molecule has 0 N–H and O–H groups in total. The molecule has 0 unspecified atom stereocenters. The van der Waals surface area contributed by atoms with E-state index >= 15 is 0 Å². The summed E-state index contributed by atoms with van der Waals surface area (Å²) in [5, 5.41) is 5.37. The van der Waals surface area contributed by atoms with Gasteiger partial charge < -0.3 is 8.98 Å². The maximum Gasteiger partial charge on any atom is 0.164 e. The molecule has 13 aromatic rings. The quantitative estimate of drug-likeness (QED) is 0.166. The van der Waals surface area contributed by atoms with Crippen molar-refractivity contribution in [1.29, 1.82) is 0 Å². The van der Waals surface area contributed by atoms with Crippen LogP contribution in [0.15, 0.2) is 199 Å². The summed E-state index contributed by atoms with van der Waals surface area (Å²) in [4.78, 5) is 25.9. The summed E-state index contributed by atoms with van der Waals surface area (Å²) < 4.78 is 11.4. The molecule has 0 atom stereocenters. The lowest BCUT2D eigenvalue weighted by Gasteiger charge is -2.10. The Morgan fingerprint density at radius 3 is 1.81 bits per heavy atom. The van der Waals surface area contributed by atoms with Gasteiger partial charge in [0.15, 0.2) is 23.3 Å². The summed E-state index contributed by atoms with van der Waals surface area (Å²) in [7, 11) is 0. The Balaban J connectivity index is 0.969. The zero-order valence-electron chi connectivity index (χ0n) is 33.5. The zero-order chi connectivity index (χ0) is 41.4. The van der Waals surface area contributed by atoms with Crippen LogP contribution < -0.4 is 0 Å². The van der Waals surface area contributed by atoms with Gasteiger partial charge in [-0.3, -0.25) is 0 Å². The van der Waals surface area contributed by atoms with Crippen molar-refractivity contribution in [2.24, 2.45) is 0 Å². The van der Waals surface area contributed by atoms with Gasteiger partial charge in [-0.15, -0.1) is 11.3 Å². The average molecular weight is 825 g/mol. The molecule has 8 aromatic carbocycles. The highest BCUT2D eigenvalue weighted by Crippen LogP contribution is 2.42. The molecule has 0 saturated carbocycles. The first kappa shape index (κ1) is 35.4. The molecule has 5 heterocycles. The summed E-state index contributed by atoms with van der Waals surface area (Å²) in [6.45, 7) is 0. The van der Waals surface area contributed by atoms with Crippen molar-refractivity contribution < 1.29 is 4.42 Å². The predicted octanol–water partition coefficient (Wildman–Crippen LogP) is 14.4. The van der Waals surface area contributed by atoms with Gasteiger partial charge in [0.25, 0.3) is 0 Å². The number of furan rings is 1. The second-order valence-electron chi connectivity index (χ2n) is 15.6. The Morgan fingerprint density at radius 1 is 0.397 bits per heavy atom. The topological polar surface area (TPSA) is 82.5 Å². The van der Waals surface area contributed by atoms with E-state index in [1.54, 1.807) is 11.3 Å². The van der Waals surface area contributed by atoms with E-state index in [2.05, 4.69) is 150 Å².